The minimum absolute atomic E-state index is 0.420. The Morgan fingerprint density at radius 3 is 2.59 bits per heavy atom. The fourth-order valence-electron chi connectivity index (χ4n) is 3.16. The third-order valence-electron chi connectivity index (χ3n) is 4.66. The number of anilines is 4. The highest BCUT2D eigenvalue weighted by molar-refractivity contribution is 6.32. The number of benzene rings is 1. The van der Waals surface area contributed by atoms with Crippen LogP contribution in [0.4, 0.5) is 23.3 Å². The van der Waals surface area contributed by atoms with Crippen LogP contribution in [0.2, 0.25) is 5.02 Å². The topological polar surface area (TPSA) is 83.4 Å². The zero-order valence-corrected chi connectivity index (χ0v) is 17.5. The summed E-state index contributed by atoms with van der Waals surface area (Å²) in [4.78, 5) is 8.81. The fraction of sp³-hybridized carbons (Fsp3) is 0.190. The maximum Gasteiger partial charge on any atom is 0.229 e. The first kappa shape index (κ1) is 19.0. The molecule has 0 aliphatic carbocycles. The first-order valence-corrected chi connectivity index (χ1v) is 9.59. The zero-order valence-electron chi connectivity index (χ0n) is 16.7. The lowest BCUT2D eigenvalue weighted by atomic mass is 9.99. The Kier molecular flexibility index (Phi) is 4.98. The molecule has 0 saturated heterocycles. The average molecular weight is 408 g/mol. The molecule has 3 N–H and O–H groups in total. The molecule has 0 spiro atoms. The Labute approximate surface area is 174 Å². The van der Waals surface area contributed by atoms with Crippen molar-refractivity contribution in [3.8, 4) is 11.1 Å². The number of nitrogens with zero attached hydrogens (tertiary/aromatic N) is 4. The van der Waals surface area contributed by atoms with E-state index in [0.29, 0.717) is 22.6 Å². The Bertz CT molecular complexity index is 1180. The van der Waals surface area contributed by atoms with Gasteiger partial charge in [0.15, 0.2) is 11.6 Å². The third-order valence-corrected chi connectivity index (χ3v) is 4.93. The molecule has 3 heterocycles. The number of hydrogen-bond donors (Lipinski definition) is 3. The van der Waals surface area contributed by atoms with Gasteiger partial charge in [-0.15, -0.1) is 0 Å². The van der Waals surface area contributed by atoms with Gasteiger partial charge in [-0.25, -0.2) is 4.98 Å². The summed E-state index contributed by atoms with van der Waals surface area (Å²) in [6.07, 6.45) is 5.73. The predicted octanol–water partition coefficient (Wildman–Crippen LogP) is 5.27. The summed E-state index contributed by atoms with van der Waals surface area (Å²) in [5.41, 5.74) is 6.57. The van der Waals surface area contributed by atoms with E-state index < -0.39 is 0 Å². The number of halogens is 1. The fourth-order valence-corrected chi connectivity index (χ4v) is 3.30. The molecular formula is C21H22ClN7. The lowest BCUT2D eigenvalue weighted by Crippen LogP contribution is -2.03. The minimum Gasteiger partial charge on any atom is -0.357 e. The first-order chi connectivity index (χ1) is 13.9. The van der Waals surface area contributed by atoms with Gasteiger partial charge in [0.1, 0.15) is 5.02 Å². The highest BCUT2D eigenvalue weighted by Crippen LogP contribution is 2.31. The average Bonchev–Trinajstić information content (AvgIpc) is 3.29. The van der Waals surface area contributed by atoms with Crippen LogP contribution >= 0.6 is 11.6 Å². The van der Waals surface area contributed by atoms with Crippen LogP contribution in [0.1, 0.15) is 16.8 Å². The summed E-state index contributed by atoms with van der Waals surface area (Å²) in [7, 11) is 2.02. The van der Waals surface area contributed by atoms with Crippen LogP contribution in [0, 0.1) is 20.8 Å². The Hall–Kier alpha value is -3.32. The third kappa shape index (κ3) is 4.09. The molecule has 4 aromatic rings. The molecule has 29 heavy (non-hydrogen) atoms. The molecule has 148 valence electrons. The predicted molar refractivity (Wildman–Crippen MR) is 117 cm³/mol. The summed E-state index contributed by atoms with van der Waals surface area (Å²) in [5, 5.41) is 13.9. The molecule has 7 nitrogen and oxygen atoms in total. The van der Waals surface area contributed by atoms with E-state index in [2.05, 4.69) is 69.0 Å². The summed E-state index contributed by atoms with van der Waals surface area (Å²) in [5.74, 6) is 1.60. The van der Waals surface area contributed by atoms with Crippen LogP contribution in [-0.4, -0.2) is 24.7 Å². The van der Waals surface area contributed by atoms with Crippen LogP contribution in [-0.2, 0) is 7.05 Å². The lowest BCUT2D eigenvalue weighted by molar-refractivity contribution is 0.928. The van der Waals surface area contributed by atoms with Gasteiger partial charge < -0.3 is 15.2 Å². The number of aromatic amines is 1. The maximum atomic E-state index is 6.25. The number of rotatable bonds is 5. The molecular weight excluding hydrogens is 386 g/mol. The second-order valence-corrected chi connectivity index (χ2v) is 7.53. The summed E-state index contributed by atoms with van der Waals surface area (Å²) in [6, 6.07) is 8.28. The summed E-state index contributed by atoms with van der Waals surface area (Å²) < 4.78 is 2.05. The lowest BCUT2D eigenvalue weighted by Gasteiger charge is -2.14. The van der Waals surface area contributed by atoms with Crippen LogP contribution in [0.15, 0.2) is 42.9 Å². The Balaban J connectivity index is 1.60. The first-order valence-electron chi connectivity index (χ1n) is 9.21. The molecule has 0 aliphatic heterocycles. The molecule has 0 fully saturated rings. The molecule has 0 unspecified atom stereocenters. The van der Waals surface area contributed by atoms with Crippen LogP contribution in [0.25, 0.3) is 11.1 Å². The minimum atomic E-state index is 0.420. The van der Waals surface area contributed by atoms with E-state index in [-0.39, 0.29) is 0 Å². The smallest absolute Gasteiger partial charge is 0.229 e. The van der Waals surface area contributed by atoms with Crippen LogP contribution in [0.3, 0.4) is 0 Å². The number of H-pyrrole nitrogens is 1. The van der Waals surface area contributed by atoms with Crippen molar-refractivity contribution in [1.82, 2.24) is 24.7 Å². The monoisotopic (exact) mass is 407 g/mol. The summed E-state index contributed by atoms with van der Waals surface area (Å²) >= 11 is 6.25. The second kappa shape index (κ2) is 7.60. The Morgan fingerprint density at radius 1 is 1.07 bits per heavy atom. The van der Waals surface area contributed by atoms with Crippen molar-refractivity contribution in [2.24, 2.45) is 7.05 Å². The summed E-state index contributed by atoms with van der Waals surface area (Å²) in [6.45, 7) is 6.09. The van der Waals surface area contributed by atoms with E-state index in [1.165, 1.54) is 16.7 Å². The number of aryl methyl sites for hydroxylation is 4. The van der Waals surface area contributed by atoms with E-state index >= 15 is 0 Å². The van der Waals surface area contributed by atoms with Crippen molar-refractivity contribution in [3.63, 3.8) is 0 Å². The van der Waals surface area contributed by atoms with Crippen molar-refractivity contribution in [2.75, 3.05) is 10.6 Å². The molecule has 3 aromatic heterocycles. The molecule has 8 heteroatoms. The normalized spacial score (nSPS) is 10.9. The molecule has 0 amide bonds. The van der Waals surface area contributed by atoms with E-state index in [0.717, 1.165) is 16.9 Å². The van der Waals surface area contributed by atoms with E-state index in [1.807, 2.05) is 30.8 Å². The molecule has 0 atom stereocenters. The van der Waals surface area contributed by atoms with Crippen molar-refractivity contribution >= 4 is 34.9 Å². The molecule has 0 radical (unpaired) electrons. The quantitative estimate of drug-likeness (QED) is 0.419. The van der Waals surface area contributed by atoms with Gasteiger partial charge in [-0.3, -0.25) is 5.10 Å². The zero-order chi connectivity index (χ0) is 20.5. The van der Waals surface area contributed by atoms with E-state index in [4.69, 9.17) is 11.6 Å². The SMILES string of the molecule is Cc1cc(Nc2nc(Nc3cc(C)c(-c4ccn(C)c4)cc3C)ncc2Cl)n[nH]1. The number of nitrogens with one attached hydrogen (secondary N) is 3. The van der Waals surface area contributed by atoms with Gasteiger partial charge in [0.25, 0.3) is 0 Å². The van der Waals surface area contributed by atoms with Crippen molar-refractivity contribution < 1.29 is 0 Å². The highest BCUT2D eigenvalue weighted by Gasteiger charge is 2.11. The number of hydrogen-bond acceptors (Lipinski definition) is 5. The highest BCUT2D eigenvalue weighted by atomic mass is 35.5. The van der Waals surface area contributed by atoms with Crippen molar-refractivity contribution in [3.05, 3.63) is 64.7 Å². The van der Waals surface area contributed by atoms with Gasteiger partial charge in [0, 0.05) is 36.9 Å². The van der Waals surface area contributed by atoms with Gasteiger partial charge in [-0.2, -0.15) is 10.1 Å². The standard InChI is InChI=1S/C21H22ClN7/c1-12-8-18(13(2)7-16(12)15-5-6-29(4)11-15)24-21-23-10-17(22)20(26-21)25-19-9-14(3)27-28-19/h5-11H,1-4H3,(H3,23,24,25,26,27,28). The van der Waals surface area contributed by atoms with Crippen LogP contribution in [0.5, 0.6) is 0 Å². The van der Waals surface area contributed by atoms with Crippen LogP contribution < -0.4 is 10.6 Å². The molecule has 0 aliphatic rings. The van der Waals surface area contributed by atoms with Gasteiger partial charge in [-0.1, -0.05) is 11.6 Å². The molecule has 4 rings (SSSR count). The van der Waals surface area contributed by atoms with E-state index in [1.54, 1.807) is 6.20 Å². The molecule has 0 bridgehead atoms. The van der Waals surface area contributed by atoms with Gasteiger partial charge >= 0.3 is 0 Å². The van der Waals surface area contributed by atoms with Gasteiger partial charge in [0.2, 0.25) is 5.95 Å². The van der Waals surface area contributed by atoms with Gasteiger partial charge in [-0.05, 0) is 61.2 Å². The second-order valence-electron chi connectivity index (χ2n) is 7.12. The molecule has 0 saturated carbocycles. The number of aromatic nitrogens is 5. The largest absolute Gasteiger partial charge is 0.357 e. The van der Waals surface area contributed by atoms with Crippen molar-refractivity contribution in [1.29, 1.82) is 0 Å². The maximum absolute atomic E-state index is 6.25. The molecule has 1 aromatic carbocycles. The Morgan fingerprint density at radius 2 is 1.90 bits per heavy atom. The van der Waals surface area contributed by atoms with E-state index in [9.17, 15) is 0 Å². The van der Waals surface area contributed by atoms with Gasteiger partial charge in [0.05, 0.1) is 6.20 Å². The van der Waals surface area contributed by atoms with Crippen molar-refractivity contribution in [2.45, 2.75) is 20.8 Å².